The summed E-state index contributed by atoms with van der Waals surface area (Å²) >= 11 is 5.88. The number of amides is 2. The van der Waals surface area contributed by atoms with Crippen LogP contribution in [0.3, 0.4) is 0 Å². The van der Waals surface area contributed by atoms with Gasteiger partial charge in [0.05, 0.1) is 15.6 Å². The van der Waals surface area contributed by atoms with E-state index in [9.17, 15) is 24.5 Å². The summed E-state index contributed by atoms with van der Waals surface area (Å²) in [6.07, 6.45) is -0.945. The van der Waals surface area contributed by atoms with Gasteiger partial charge in [-0.15, -0.1) is 0 Å². The van der Waals surface area contributed by atoms with Gasteiger partial charge in [-0.05, 0) is 13.0 Å². The summed E-state index contributed by atoms with van der Waals surface area (Å²) in [4.78, 5) is 44.9. The van der Waals surface area contributed by atoms with Crippen LogP contribution in [-0.4, -0.2) is 34.5 Å². The summed E-state index contributed by atoms with van der Waals surface area (Å²) in [5, 5.41) is 16.6. The highest BCUT2D eigenvalue weighted by Crippen LogP contribution is 2.26. The zero-order valence-corrected chi connectivity index (χ0v) is 13.7. The quantitative estimate of drug-likeness (QED) is 0.457. The van der Waals surface area contributed by atoms with Crippen molar-refractivity contribution in [2.75, 3.05) is 5.32 Å². The number of anilines is 1. The second-order valence-corrected chi connectivity index (χ2v) is 5.46. The van der Waals surface area contributed by atoms with Crippen LogP contribution in [0.4, 0.5) is 11.4 Å². The normalized spacial score (nSPS) is 14.8. The number of hydrogen-bond acceptors (Lipinski definition) is 7. The average molecular weight is 369 g/mol. The van der Waals surface area contributed by atoms with Crippen molar-refractivity contribution in [3.05, 3.63) is 33.3 Å². The fourth-order valence-electron chi connectivity index (χ4n) is 1.86. The number of nitrogens with zero attached hydrogens (tertiary/aromatic N) is 2. The second kappa shape index (κ2) is 7.71. The first-order chi connectivity index (χ1) is 11.8. The van der Waals surface area contributed by atoms with Gasteiger partial charge in [-0.25, -0.2) is 10.2 Å². The van der Waals surface area contributed by atoms with Gasteiger partial charge in [0.2, 0.25) is 5.91 Å². The molecular weight excluding hydrogens is 356 g/mol. The van der Waals surface area contributed by atoms with Gasteiger partial charge in [-0.2, -0.15) is 5.10 Å². The summed E-state index contributed by atoms with van der Waals surface area (Å²) in [7, 11) is 0. The van der Waals surface area contributed by atoms with Crippen LogP contribution < -0.4 is 10.7 Å². The largest absolute Gasteiger partial charge is 0.448 e. The van der Waals surface area contributed by atoms with Crippen LogP contribution in [0, 0.1) is 10.1 Å². The SMILES string of the molecule is CC(OC(=O)C1=NNC(=O)CC1)C(=O)Nc1ccc([N+](=O)[O-])cc1Cl. The smallest absolute Gasteiger partial charge is 0.355 e. The number of nitro benzene ring substituents is 1. The topological polar surface area (TPSA) is 140 Å². The molecule has 1 heterocycles. The molecule has 0 radical (unpaired) electrons. The molecule has 25 heavy (non-hydrogen) atoms. The maximum atomic E-state index is 12.1. The predicted molar refractivity (Wildman–Crippen MR) is 87.1 cm³/mol. The van der Waals surface area contributed by atoms with E-state index < -0.39 is 22.9 Å². The summed E-state index contributed by atoms with van der Waals surface area (Å²) < 4.78 is 4.98. The van der Waals surface area contributed by atoms with Gasteiger partial charge >= 0.3 is 5.97 Å². The fraction of sp³-hybridized carbons (Fsp3) is 0.286. The zero-order chi connectivity index (χ0) is 18.6. The highest BCUT2D eigenvalue weighted by Gasteiger charge is 2.25. The molecule has 2 amide bonds. The van der Waals surface area contributed by atoms with Gasteiger partial charge < -0.3 is 10.1 Å². The van der Waals surface area contributed by atoms with Crippen LogP contribution in [0.5, 0.6) is 0 Å². The van der Waals surface area contributed by atoms with Crippen molar-refractivity contribution in [2.45, 2.75) is 25.9 Å². The Balaban J connectivity index is 1.97. The maximum Gasteiger partial charge on any atom is 0.355 e. The molecule has 0 aliphatic carbocycles. The molecule has 0 bridgehead atoms. The fourth-order valence-corrected chi connectivity index (χ4v) is 2.08. The van der Waals surface area contributed by atoms with Crippen molar-refractivity contribution in [1.29, 1.82) is 0 Å². The van der Waals surface area contributed by atoms with E-state index in [0.29, 0.717) is 0 Å². The van der Waals surface area contributed by atoms with Crippen LogP contribution in [0.15, 0.2) is 23.3 Å². The molecule has 2 N–H and O–H groups in total. The molecule has 2 rings (SSSR count). The van der Waals surface area contributed by atoms with Crippen molar-refractivity contribution in [3.63, 3.8) is 0 Å². The molecule has 1 aliphatic rings. The molecule has 11 heteroatoms. The molecule has 1 aliphatic heterocycles. The molecule has 1 atom stereocenters. The van der Waals surface area contributed by atoms with Crippen molar-refractivity contribution >= 4 is 46.5 Å². The highest BCUT2D eigenvalue weighted by molar-refractivity contribution is 6.37. The molecule has 1 aromatic carbocycles. The Hall–Kier alpha value is -3.01. The molecule has 0 aromatic heterocycles. The second-order valence-electron chi connectivity index (χ2n) is 5.05. The lowest BCUT2D eigenvalue weighted by atomic mass is 10.2. The van der Waals surface area contributed by atoms with Gasteiger partial charge in [0.25, 0.3) is 11.6 Å². The number of non-ortho nitro benzene ring substituents is 1. The van der Waals surface area contributed by atoms with Crippen LogP contribution in [-0.2, 0) is 19.1 Å². The van der Waals surface area contributed by atoms with Crippen LogP contribution >= 0.6 is 11.6 Å². The van der Waals surface area contributed by atoms with E-state index in [-0.39, 0.29) is 40.9 Å². The first kappa shape index (κ1) is 18.3. The van der Waals surface area contributed by atoms with Crippen LogP contribution in [0.25, 0.3) is 0 Å². The number of esters is 1. The number of nitro groups is 1. The number of benzene rings is 1. The number of hydrogen-bond donors (Lipinski definition) is 2. The Morgan fingerprint density at radius 1 is 1.44 bits per heavy atom. The van der Waals surface area contributed by atoms with Gasteiger partial charge in [-0.3, -0.25) is 19.7 Å². The minimum atomic E-state index is -1.17. The standard InChI is InChI=1S/C14H13ClN4O6/c1-7(25-14(22)11-4-5-12(20)18-17-11)13(21)16-10-3-2-8(19(23)24)6-9(10)15/h2-3,6-7H,4-5H2,1H3,(H,16,21)(H,18,20). The van der Waals surface area contributed by atoms with Gasteiger partial charge in [0.15, 0.2) is 6.10 Å². The number of halogens is 1. The average Bonchev–Trinajstić information content (AvgIpc) is 2.56. The van der Waals surface area contributed by atoms with E-state index in [1.807, 2.05) is 0 Å². The summed E-state index contributed by atoms with van der Waals surface area (Å²) in [5.74, 6) is -1.81. The maximum absolute atomic E-state index is 12.1. The molecule has 1 unspecified atom stereocenters. The number of carbonyl (C=O) groups is 3. The Labute approximate surface area is 146 Å². The van der Waals surface area contributed by atoms with Crippen molar-refractivity contribution < 1.29 is 24.0 Å². The third-order valence-electron chi connectivity index (χ3n) is 3.21. The van der Waals surface area contributed by atoms with Gasteiger partial charge in [0.1, 0.15) is 5.71 Å². The lowest BCUT2D eigenvalue weighted by molar-refractivity contribution is -0.384. The Bertz CT molecular complexity index is 779. The summed E-state index contributed by atoms with van der Waals surface area (Å²) in [5.41, 5.74) is 2.08. The monoisotopic (exact) mass is 368 g/mol. The molecule has 10 nitrogen and oxygen atoms in total. The van der Waals surface area contributed by atoms with E-state index in [1.165, 1.54) is 19.1 Å². The molecule has 0 saturated carbocycles. The molecule has 0 saturated heterocycles. The third kappa shape index (κ3) is 4.73. The molecule has 1 aromatic rings. The van der Waals surface area contributed by atoms with E-state index in [0.717, 1.165) is 6.07 Å². The Kier molecular flexibility index (Phi) is 5.65. The molecule has 0 fully saturated rings. The molecular formula is C14H13ClN4O6. The Morgan fingerprint density at radius 2 is 2.16 bits per heavy atom. The number of nitrogens with one attached hydrogen (secondary N) is 2. The molecule has 132 valence electrons. The van der Waals surface area contributed by atoms with Crippen molar-refractivity contribution in [1.82, 2.24) is 5.43 Å². The first-order valence-electron chi connectivity index (χ1n) is 7.09. The van der Waals surface area contributed by atoms with E-state index in [2.05, 4.69) is 15.8 Å². The number of ether oxygens (including phenoxy) is 1. The van der Waals surface area contributed by atoms with Gasteiger partial charge in [-0.1, -0.05) is 11.6 Å². The summed E-state index contributed by atoms with van der Waals surface area (Å²) in [6.45, 7) is 1.34. The number of rotatable bonds is 5. The predicted octanol–water partition coefficient (Wildman–Crippen LogP) is 1.38. The van der Waals surface area contributed by atoms with Gasteiger partial charge in [0, 0.05) is 25.0 Å². The van der Waals surface area contributed by atoms with E-state index in [4.69, 9.17) is 16.3 Å². The van der Waals surface area contributed by atoms with Crippen LogP contribution in [0.1, 0.15) is 19.8 Å². The highest BCUT2D eigenvalue weighted by atomic mass is 35.5. The number of carbonyl (C=O) groups excluding carboxylic acids is 3. The minimum absolute atomic E-state index is 0.00705. The van der Waals surface area contributed by atoms with E-state index >= 15 is 0 Å². The molecule has 0 spiro atoms. The number of hydrazone groups is 1. The zero-order valence-electron chi connectivity index (χ0n) is 12.9. The van der Waals surface area contributed by atoms with Crippen molar-refractivity contribution in [3.8, 4) is 0 Å². The van der Waals surface area contributed by atoms with Crippen LogP contribution in [0.2, 0.25) is 5.02 Å². The third-order valence-corrected chi connectivity index (χ3v) is 3.53. The van der Waals surface area contributed by atoms with Crippen molar-refractivity contribution in [2.24, 2.45) is 5.10 Å². The minimum Gasteiger partial charge on any atom is -0.448 e. The lowest BCUT2D eigenvalue weighted by Gasteiger charge is -2.16. The Morgan fingerprint density at radius 3 is 2.72 bits per heavy atom. The lowest BCUT2D eigenvalue weighted by Crippen LogP contribution is -2.35. The van der Waals surface area contributed by atoms with E-state index in [1.54, 1.807) is 0 Å². The first-order valence-corrected chi connectivity index (χ1v) is 7.47. The summed E-state index contributed by atoms with van der Waals surface area (Å²) in [6, 6.07) is 3.54.